The van der Waals surface area contributed by atoms with Crippen molar-refractivity contribution in [1.29, 1.82) is 0 Å². The molecule has 1 aromatic heterocycles. The lowest BCUT2D eigenvalue weighted by Gasteiger charge is -2.14. The van der Waals surface area contributed by atoms with Crippen LogP contribution in [0.1, 0.15) is 18.4 Å². The van der Waals surface area contributed by atoms with Gasteiger partial charge in [0.2, 0.25) is 0 Å². The Morgan fingerprint density at radius 2 is 2.00 bits per heavy atom. The lowest BCUT2D eigenvalue weighted by Crippen LogP contribution is -2.10. The molecule has 0 aliphatic rings. The van der Waals surface area contributed by atoms with E-state index >= 15 is 0 Å². The van der Waals surface area contributed by atoms with E-state index in [4.69, 9.17) is 20.3 Å². The molecule has 0 radical (unpaired) electrons. The molecule has 0 amide bonds. The van der Waals surface area contributed by atoms with Crippen molar-refractivity contribution in [3.05, 3.63) is 36.0 Å². The molecule has 2 rings (SSSR count). The Balaban J connectivity index is 2.55. The predicted octanol–water partition coefficient (Wildman–Crippen LogP) is 2.26. The van der Waals surface area contributed by atoms with Crippen molar-refractivity contribution >= 4 is 11.8 Å². The smallest absolute Gasteiger partial charge is 0.310 e. The number of aliphatic carboxylic acids is 1. The minimum absolute atomic E-state index is 0.372. The molecule has 0 bridgehead atoms. The van der Waals surface area contributed by atoms with Crippen molar-refractivity contribution in [2.24, 2.45) is 0 Å². The molecule has 3 N–H and O–H groups in total. The van der Waals surface area contributed by atoms with E-state index < -0.39 is 11.9 Å². The van der Waals surface area contributed by atoms with Gasteiger partial charge in [-0.15, -0.1) is 0 Å². The first-order valence-electron chi connectivity index (χ1n) is 6.41. The maximum absolute atomic E-state index is 11.1. The van der Waals surface area contributed by atoms with Gasteiger partial charge in [-0.3, -0.25) is 9.36 Å². The van der Waals surface area contributed by atoms with Crippen LogP contribution in [0.5, 0.6) is 11.5 Å². The molecule has 0 fully saturated rings. The van der Waals surface area contributed by atoms with Crippen LogP contribution in [-0.4, -0.2) is 29.9 Å². The number of ether oxygens (including phenoxy) is 2. The highest BCUT2D eigenvalue weighted by atomic mass is 16.5. The number of carbonyl (C=O) groups is 1. The largest absolute Gasteiger partial charge is 0.497 e. The zero-order chi connectivity index (χ0) is 15.6. The molecule has 2 aromatic rings. The quantitative estimate of drug-likeness (QED) is 0.882. The molecule has 1 unspecified atom stereocenters. The third-order valence-electron chi connectivity index (χ3n) is 3.44. The number of rotatable bonds is 5. The van der Waals surface area contributed by atoms with Crippen LogP contribution in [0.15, 0.2) is 30.5 Å². The summed E-state index contributed by atoms with van der Waals surface area (Å²) in [5, 5.41) is 9.11. The van der Waals surface area contributed by atoms with Crippen LogP contribution in [0.25, 0.3) is 5.69 Å². The van der Waals surface area contributed by atoms with Gasteiger partial charge in [0, 0.05) is 17.8 Å². The Morgan fingerprint density at radius 1 is 1.29 bits per heavy atom. The minimum atomic E-state index is -0.919. The Labute approximate surface area is 122 Å². The van der Waals surface area contributed by atoms with Crippen LogP contribution in [0, 0.1) is 0 Å². The molecular weight excluding hydrogens is 272 g/mol. The summed E-state index contributed by atoms with van der Waals surface area (Å²) >= 11 is 0. The number of anilines is 1. The van der Waals surface area contributed by atoms with Gasteiger partial charge in [0.15, 0.2) is 0 Å². The van der Waals surface area contributed by atoms with E-state index in [-0.39, 0.29) is 0 Å². The van der Waals surface area contributed by atoms with Gasteiger partial charge in [0.25, 0.3) is 0 Å². The van der Waals surface area contributed by atoms with Gasteiger partial charge < -0.3 is 20.3 Å². The molecule has 0 aliphatic carbocycles. The summed E-state index contributed by atoms with van der Waals surface area (Å²) in [6.07, 6.45) is 1.72. The van der Waals surface area contributed by atoms with E-state index in [1.807, 2.05) is 0 Å². The third kappa shape index (κ3) is 2.65. The Hall–Kier alpha value is -2.63. The maximum Gasteiger partial charge on any atom is 0.310 e. The summed E-state index contributed by atoms with van der Waals surface area (Å²) in [6.45, 7) is 1.60. The van der Waals surface area contributed by atoms with Crippen molar-refractivity contribution < 1.29 is 19.4 Å². The zero-order valence-electron chi connectivity index (χ0n) is 12.2. The molecular formula is C15H18N2O4. The highest BCUT2D eigenvalue weighted by molar-refractivity contribution is 5.78. The predicted molar refractivity (Wildman–Crippen MR) is 79.3 cm³/mol. The number of hydrogen-bond donors (Lipinski definition) is 2. The van der Waals surface area contributed by atoms with Crippen LogP contribution < -0.4 is 15.2 Å². The first-order chi connectivity index (χ1) is 9.99. The fourth-order valence-corrected chi connectivity index (χ4v) is 2.15. The van der Waals surface area contributed by atoms with Crippen molar-refractivity contribution in [3.8, 4) is 17.2 Å². The fraction of sp³-hybridized carbons (Fsp3) is 0.267. The van der Waals surface area contributed by atoms with Crippen LogP contribution in [0.3, 0.4) is 0 Å². The normalized spacial score (nSPS) is 12.0. The topological polar surface area (TPSA) is 86.7 Å². The van der Waals surface area contributed by atoms with E-state index in [1.165, 1.54) is 0 Å². The van der Waals surface area contributed by atoms with Gasteiger partial charge in [0.1, 0.15) is 17.3 Å². The number of methoxy groups -OCH3 is 2. The van der Waals surface area contributed by atoms with Gasteiger partial charge in [0.05, 0.1) is 25.8 Å². The van der Waals surface area contributed by atoms with Crippen molar-refractivity contribution in [2.45, 2.75) is 12.8 Å². The van der Waals surface area contributed by atoms with E-state index in [0.29, 0.717) is 28.6 Å². The van der Waals surface area contributed by atoms with Gasteiger partial charge in [-0.05, 0) is 25.1 Å². The van der Waals surface area contributed by atoms with E-state index in [2.05, 4.69) is 0 Å². The maximum atomic E-state index is 11.1. The van der Waals surface area contributed by atoms with Crippen molar-refractivity contribution in [3.63, 3.8) is 0 Å². The second-order valence-electron chi connectivity index (χ2n) is 4.62. The standard InChI is InChI=1S/C15H18N2O4/c1-9(15(18)19)11-6-7-17(14(11)16)12-8-10(20-2)4-5-13(12)21-3/h4-9H,16H2,1-3H3,(H,18,19). The number of nitrogen functional groups attached to an aromatic ring is 1. The average Bonchev–Trinajstić information content (AvgIpc) is 2.87. The number of carboxylic acid groups (broad SMARTS) is 1. The summed E-state index contributed by atoms with van der Waals surface area (Å²) in [6, 6.07) is 7.04. The van der Waals surface area contributed by atoms with Gasteiger partial charge >= 0.3 is 5.97 Å². The molecule has 1 aromatic carbocycles. The summed E-state index contributed by atoms with van der Waals surface area (Å²) < 4.78 is 12.2. The molecule has 112 valence electrons. The molecule has 1 heterocycles. The van der Waals surface area contributed by atoms with Crippen LogP contribution in [0.4, 0.5) is 5.82 Å². The molecule has 0 saturated heterocycles. The van der Waals surface area contributed by atoms with E-state index in [1.54, 1.807) is 56.2 Å². The summed E-state index contributed by atoms with van der Waals surface area (Å²) in [4.78, 5) is 11.1. The highest BCUT2D eigenvalue weighted by Gasteiger charge is 2.20. The number of aromatic nitrogens is 1. The molecule has 0 aliphatic heterocycles. The summed E-state index contributed by atoms with van der Waals surface area (Å²) in [5.74, 6) is 0.0516. The van der Waals surface area contributed by atoms with E-state index in [9.17, 15) is 4.79 Å². The highest BCUT2D eigenvalue weighted by Crippen LogP contribution is 2.33. The third-order valence-corrected chi connectivity index (χ3v) is 3.44. The Kier molecular flexibility index (Phi) is 4.07. The van der Waals surface area contributed by atoms with Crippen molar-refractivity contribution in [1.82, 2.24) is 4.57 Å². The number of hydrogen-bond acceptors (Lipinski definition) is 4. The molecule has 21 heavy (non-hydrogen) atoms. The second-order valence-corrected chi connectivity index (χ2v) is 4.62. The molecule has 6 heteroatoms. The lowest BCUT2D eigenvalue weighted by molar-refractivity contribution is -0.138. The number of carboxylic acids is 1. The van der Waals surface area contributed by atoms with Gasteiger partial charge in [-0.25, -0.2) is 0 Å². The summed E-state index contributed by atoms with van der Waals surface area (Å²) in [7, 11) is 3.13. The first-order valence-corrected chi connectivity index (χ1v) is 6.41. The van der Waals surface area contributed by atoms with Crippen molar-refractivity contribution in [2.75, 3.05) is 20.0 Å². The Bertz CT molecular complexity index is 664. The number of nitrogens with zero attached hydrogens (tertiary/aromatic N) is 1. The lowest BCUT2D eigenvalue weighted by atomic mass is 10.0. The van der Waals surface area contributed by atoms with Gasteiger partial charge in [-0.1, -0.05) is 0 Å². The number of benzene rings is 1. The monoisotopic (exact) mass is 290 g/mol. The molecule has 6 nitrogen and oxygen atoms in total. The zero-order valence-corrected chi connectivity index (χ0v) is 12.2. The van der Waals surface area contributed by atoms with Gasteiger partial charge in [-0.2, -0.15) is 0 Å². The van der Waals surface area contributed by atoms with Crippen LogP contribution in [0.2, 0.25) is 0 Å². The van der Waals surface area contributed by atoms with Crippen LogP contribution >= 0.6 is 0 Å². The second kappa shape index (κ2) is 5.78. The molecule has 0 spiro atoms. The first kappa shape index (κ1) is 14.8. The number of nitrogens with two attached hydrogens (primary N) is 1. The molecule has 0 saturated carbocycles. The molecule has 1 atom stereocenters. The van der Waals surface area contributed by atoms with Crippen LogP contribution in [-0.2, 0) is 4.79 Å². The minimum Gasteiger partial charge on any atom is -0.497 e. The van der Waals surface area contributed by atoms with E-state index in [0.717, 1.165) is 0 Å². The Morgan fingerprint density at radius 3 is 2.57 bits per heavy atom. The summed E-state index contributed by atoms with van der Waals surface area (Å²) in [5.41, 5.74) is 7.35. The SMILES string of the molecule is COc1ccc(OC)c(-n2ccc(C(C)C(=O)O)c2N)c1. The average molecular weight is 290 g/mol. The fourth-order valence-electron chi connectivity index (χ4n) is 2.15.